The lowest BCUT2D eigenvalue weighted by Gasteiger charge is -2.24. The minimum atomic E-state index is -3.80. The Morgan fingerprint density at radius 1 is 1.22 bits per heavy atom. The number of likely N-dealkylation sites (N-methyl/N-ethyl adjacent to an activating group) is 1. The van der Waals surface area contributed by atoms with E-state index in [0.717, 1.165) is 0 Å². The second-order valence-electron chi connectivity index (χ2n) is 6.54. The number of pyridine rings is 1. The third-order valence-electron chi connectivity index (χ3n) is 4.71. The van der Waals surface area contributed by atoms with Crippen LogP contribution in [-0.2, 0) is 30.2 Å². The highest BCUT2D eigenvalue weighted by Gasteiger charge is 2.27. The van der Waals surface area contributed by atoms with Gasteiger partial charge in [-0.25, -0.2) is 18.1 Å². The summed E-state index contributed by atoms with van der Waals surface area (Å²) < 4.78 is 31.2. The molecule has 0 aromatic carbocycles. The molecule has 27 heavy (non-hydrogen) atoms. The van der Waals surface area contributed by atoms with Crippen LogP contribution in [0.3, 0.4) is 0 Å². The zero-order chi connectivity index (χ0) is 19.3. The molecule has 1 aliphatic heterocycles. The molecule has 0 saturated heterocycles. The number of carbonyl (C=O) groups is 1. The molecule has 0 unspecified atom stereocenters. The Hall–Kier alpha value is -2.79. The fraction of sp³-hybridized carbons (Fsp3) is 0.375. The molecule has 1 N–H and O–H groups in total. The van der Waals surface area contributed by atoms with Gasteiger partial charge in [0.25, 0.3) is 5.91 Å². The van der Waals surface area contributed by atoms with E-state index in [4.69, 9.17) is 0 Å². The lowest BCUT2D eigenvalue weighted by Crippen LogP contribution is -2.38. The molecule has 0 bridgehead atoms. The van der Waals surface area contributed by atoms with Crippen molar-refractivity contribution in [2.24, 2.45) is 7.05 Å². The number of hydrogen-bond donors (Lipinski definition) is 1. The number of amides is 1. The maximum absolute atomic E-state index is 12.7. The van der Waals surface area contributed by atoms with Crippen LogP contribution >= 0.6 is 0 Å². The molecule has 0 aliphatic carbocycles. The minimum absolute atomic E-state index is 0.0265. The summed E-state index contributed by atoms with van der Waals surface area (Å²) in [5, 5.41) is 9.11. The molecule has 11 heteroatoms. The molecule has 4 rings (SSSR count). The van der Waals surface area contributed by atoms with Gasteiger partial charge in [-0.1, -0.05) is 0 Å². The van der Waals surface area contributed by atoms with Crippen LogP contribution in [0, 0.1) is 6.92 Å². The fourth-order valence-electron chi connectivity index (χ4n) is 3.19. The van der Waals surface area contributed by atoms with Crippen LogP contribution in [0.15, 0.2) is 23.4 Å². The zero-order valence-electron chi connectivity index (χ0n) is 15.2. The van der Waals surface area contributed by atoms with Crippen molar-refractivity contribution in [1.29, 1.82) is 0 Å². The smallest absolute Gasteiger partial charge is 0.272 e. The van der Waals surface area contributed by atoms with Crippen molar-refractivity contribution in [2.75, 3.05) is 13.6 Å². The predicted octanol–water partition coefficient (Wildman–Crippen LogP) is 0.0373. The second-order valence-corrected chi connectivity index (χ2v) is 8.31. The first-order valence-corrected chi connectivity index (χ1v) is 9.85. The van der Waals surface area contributed by atoms with Gasteiger partial charge in [-0.05, 0) is 13.0 Å². The molecule has 0 fully saturated rings. The van der Waals surface area contributed by atoms with Crippen molar-refractivity contribution in [3.63, 3.8) is 0 Å². The van der Waals surface area contributed by atoms with Crippen molar-refractivity contribution in [1.82, 2.24) is 34.2 Å². The van der Waals surface area contributed by atoms with E-state index in [1.54, 1.807) is 41.3 Å². The van der Waals surface area contributed by atoms with E-state index in [2.05, 4.69) is 19.9 Å². The molecule has 1 aliphatic rings. The molecular weight excluding hydrogens is 370 g/mol. The maximum atomic E-state index is 12.7. The Kier molecular flexibility index (Phi) is 4.00. The molecule has 10 nitrogen and oxygen atoms in total. The maximum Gasteiger partial charge on any atom is 0.272 e. The number of sulfonamides is 1. The Morgan fingerprint density at radius 3 is 2.78 bits per heavy atom. The highest BCUT2D eigenvalue weighted by atomic mass is 32.2. The largest absolute Gasteiger partial charge is 0.339 e. The van der Waals surface area contributed by atoms with Gasteiger partial charge >= 0.3 is 0 Å². The predicted molar refractivity (Wildman–Crippen MR) is 96.5 cm³/mol. The highest BCUT2D eigenvalue weighted by Crippen LogP contribution is 2.20. The van der Waals surface area contributed by atoms with Gasteiger partial charge in [0.2, 0.25) is 10.0 Å². The number of rotatable bonds is 4. The average Bonchev–Trinajstić information content (AvgIpc) is 3.18. The third kappa shape index (κ3) is 2.88. The Labute approximate surface area is 155 Å². The molecule has 3 aromatic rings. The van der Waals surface area contributed by atoms with Crippen molar-refractivity contribution in [2.45, 2.75) is 24.9 Å². The minimum Gasteiger partial charge on any atom is -0.339 e. The Bertz CT molecular complexity index is 1160. The molecule has 0 atom stereocenters. The van der Waals surface area contributed by atoms with Gasteiger partial charge in [-0.15, -0.1) is 0 Å². The van der Waals surface area contributed by atoms with Crippen molar-refractivity contribution in [3.8, 4) is 0 Å². The van der Waals surface area contributed by atoms with Gasteiger partial charge in [0.05, 0.1) is 18.4 Å². The Balaban J connectivity index is 1.61. The van der Waals surface area contributed by atoms with Crippen LogP contribution in [0.25, 0.3) is 11.0 Å². The van der Waals surface area contributed by atoms with Crippen LogP contribution in [-0.4, -0.2) is 57.4 Å². The van der Waals surface area contributed by atoms with Crippen LogP contribution in [0.2, 0.25) is 0 Å². The SMILES string of the molecule is Cc1nn(C)c2ncc(S(=O)(=O)NCc3cnn4c3C(=O)N(C)CC4)cc12. The van der Waals surface area contributed by atoms with E-state index in [-0.39, 0.29) is 17.3 Å². The number of fused-ring (bicyclic) bond motifs is 2. The summed E-state index contributed by atoms with van der Waals surface area (Å²) in [5.74, 6) is -0.165. The molecule has 1 amide bonds. The molecule has 0 radical (unpaired) electrons. The topological polar surface area (TPSA) is 115 Å². The van der Waals surface area contributed by atoms with E-state index in [1.165, 1.54) is 12.4 Å². The summed E-state index contributed by atoms with van der Waals surface area (Å²) in [7, 11) is -0.336. The van der Waals surface area contributed by atoms with Crippen molar-refractivity contribution in [3.05, 3.63) is 35.4 Å². The molecular formula is C16H19N7O3S. The first-order chi connectivity index (χ1) is 12.8. The van der Waals surface area contributed by atoms with Crippen LogP contribution < -0.4 is 4.72 Å². The van der Waals surface area contributed by atoms with E-state index in [0.29, 0.717) is 41.1 Å². The summed E-state index contributed by atoms with van der Waals surface area (Å²) >= 11 is 0. The standard InChI is InChI=1S/C16H19N7O3S/c1-10-13-6-12(9-17-15(13)22(3)20-10)27(25,26)19-8-11-7-18-23-5-4-21(2)16(24)14(11)23/h6-7,9,19H,4-5,8H2,1-3H3. The van der Waals surface area contributed by atoms with Crippen molar-refractivity contribution < 1.29 is 13.2 Å². The lowest BCUT2D eigenvalue weighted by molar-refractivity contribution is 0.0741. The first kappa shape index (κ1) is 17.6. The van der Waals surface area contributed by atoms with Crippen molar-refractivity contribution >= 4 is 27.0 Å². The highest BCUT2D eigenvalue weighted by molar-refractivity contribution is 7.89. The average molecular weight is 389 g/mol. The summed E-state index contributed by atoms with van der Waals surface area (Å²) in [6.07, 6.45) is 2.83. The van der Waals surface area contributed by atoms with E-state index in [9.17, 15) is 13.2 Å². The summed E-state index contributed by atoms with van der Waals surface area (Å²) in [5.41, 5.74) is 2.28. The second kappa shape index (κ2) is 6.13. The first-order valence-electron chi connectivity index (χ1n) is 8.37. The van der Waals surface area contributed by atoms with Gasteiger partial charge in [0.1, 0.15) is 10.6 Å². The normalized spacial score (nSPS) is 14.8. The van der Waals surface area contributed by atoms with Gasteiger partial charge in [0, 0.05) is 44.3 Å². The fourth-order valence-corrected chi connectivity index (χ4v) is 4.17. The van der Waals surface area contributed by atoms with Crippen LogP contribution in [0.4, 0.5) is 0 Å². The third-order valence-corrected chi connectivity index (χ3v) is 6.08. The van der Waals surface area contributed by atoms with Gasteiger partial charge in [0.15, 0.2) is 5.65 Å². The monoisotopic (exact) mass is 389 g/mol. The van der Waals surface area contributed by atoms with E-state index < -0.39 is 10.0 Å². The van der Waals surface area contributed by atoms with Gasteiger partial charge < -0.3 is 4.90 Å². The summed E-state index contributed by atoms with van der Waals surface area (Å²) in [6.45, 7) is 2.94. The van der Waals surface area contributed by atoms with E-state index >= 15 is 0 Å². The number of nitrogens with zero attached hydrogens (tertiary/aromatic N) is 6. The summed E-state index contributed by atoms with van der Waals surface area (Å²) in [6, 6.07) is 1.55. The number of hydrogen-bond acceptors (Lipinski definition) is 6. The number of aromatic nitrogens is 5. The van der Waals surface area contributed by atoms with Crippen LogP contribution in [0.5, 0.6) is 0 Å². The molecule has 142 valence electrons. The van der Waals surface area contributed by atoms with E-state index in [1.807, 2.05) is 0 Å². The lowest BCUT2D eigenvalue weighted by atomic mass is 10.2. The molecule has 0 spiro atoms. The number of carbonyl (C=O) groups excluding carboxylic acids is 1. The van der Waals surface area contributed by atoms with Crippen LogP contribution in [0.1, 0.15) is 21.7 Å². The molecule has 4 heterocycles. The quantitative estimate of drug-likeness (QED) is 0.674. The summed E-state index contributed by atoms with van der Waals surface area (Å²) in [4.78, 5) is 18.2. The molecule has 0 saturated carbocycles. The number of aryl methyl sites for hydroxylation is 2. The molecule has 3 aromatic heterocycles. The number of nitrogens with one attached hydrogen (secondary N) is 1. The van der Waals surface area contributed by atoms with Gasteiger partial charge in [-0.3, -0.25) is 14.2 Å². The Morgan fingerprint density at radius 2 is 2.00 bits per heavy atom. The zero-order valence-corrected chi connectivity index (χ0v) is 16.0. The van der Waals surface area contributed by atoms with Gasteiger partial charge in [-0.2, -0.15) is 10.2 Å².